The smallest absolute Gasteiger partial charge is 0.362 e. The maximum absolute atomic E-state index is 12.2. The Hall–Kier alpha value is -2.29. The Morgan fingerprint density at radius 3 is 2.24 bits per heavy atom. The van der Waals surface area contributed by atoms with Crippen LogP contribution >= 0.6 is 0 Å². The van der Waals surface area contributed by atoms with Crippen LogP contribution in [0.25, 0.3) is 0 Å². The Morgan fingerprint density at radius 1 is 1.24 bits per heavy atom. The quantitative estimate of drug-likeness (QED) is 0.188. The molecule has 0 radical (unpaired) electrons. The van der Waals surface area contributed by atoms with Gasteiger partial charge in [0, 0.05) is 5.92 Å². The number of aliphatic hydroxyl groups excluding tert-OH is 1. The van der Waals surface area contributed by atoms with Gasteiger partial charge >= 0.3 is 11.9 Å². The van der Waals surface area contributed by atoms with Crippen LogP contribution in [0.4, 0.5) is 0 Å². The minimum absolute atomic E-state index is 0.386. The number of β-lactam (4-membered cyclic amide) rings is 1. The zero-order valence-corrected chi connectivity index (χ0v) is 14.9. The van der Waals surface area contributed by atoms with Crippen LogP contribution in [0.3, 0.4) is 0 Å². The summed E-state index contributed by atoms with van der Waals surface area (Å²) in [6, 6.07) is -0.660. The molecule has 1 amide bonds. The summed E-state index contributed by atoms with van der Waals surface area (Å²) in [6.45, 7) is 7.04. The molecule has 0 unspecified atom stereocenters. The number of hydrogen-bond donors (Lipinski definition) is 3. The number of esters is 2. The Bertz CT molecular complexity index is 592. The van der Waals surface area contributed by atoms with E-state index in [9.17, 15) is 24.3 Å². The van der Waals surface area contributed by atoms with Crippen molar-refractivity contribution in [2.24, 2.45) is 17.3 Å². The summed E-state index contributed by atoms with van der Waals surface area (Å²) in [6.07, 6.45) is -0.952. The number of carbonyl (C=O) groups is 4. The van der Waals surface area contributed by atoms with Gasteiger partial charge in [-0.2, -0.15) is 0 Å². The number of hydrogen-bond acceptors (Lipinski definition) is 8. The van der Waals surface area contributed by atoms with Crippen molar-refractivity contribution in [2.45, 2.75) is 46.8 Å². The van der Waals surface area contributed by atoms with Crippen LogP contribution < -0.4 is 5.32 Å². The molecule has 1 heterocycles. The van der Waals surface area contributed by atoms with Gasteiger partial charge in [-0.05, 0) is 27.7 Å². The highest BCUT2D eigenvalue weighted by atomic mass is 16.7. The van der Waals surface area contributed by atoms with Crippen LogP contribution in [0.1, 0.15) is 34.6 Å². The fourth-order valence-electron chi connectivity index (χ4n) is 2.29. The molecular weight excluding hydrogens is 332 g/mol. The summed E-state index contributed by atoms with van der Waals surface area (Å²) in [5, 5.41) is 19.7. The van der Waals surface area contributed by atoms with Gasteiger partial charge in [-0.1, -0.05) is 6.92 Å². The lowest BCUT2D eigenvalue weighted by Gasteiger charge is -2.41. The minimum Gasteiger partial charge on any atom is -0.427 e. The average Bonchev–Trinajstić information content (AvgIpc) is 2.48. The molecule has 0 aromatic carbocycles. The van der Waals surface area contributed by atoms with E-state index in [1.165, 1.54) is 13.8 Å². The second kappa shape index (κ2) is 7.73. The highest BCUT2D eigenvalue weighted by Crippen LogP contribution is 2.26. The van der Waals surface area contributed by atoms with E-state index in [4.69, 9.17) is 10.1 Å². The van der Waals surface area contributed by atoms with Gasteiger partial charge in [0.2, 0.25) is 12.7 Å². The first-order valence-electron chi connectivity index (χ1n) is 7.83. The Morgan fingerprint density at radius 2 is 1.80 bits per heavy atom. The lowest BCUT2D eigenvalue weighted by atomic mass is 9.76. The van der Waals surface area contributed by atoms with Crippen molar-refractivity contribution in [3.63, 3.8) is 0 Å². The molecular formula is C16H24N2O7. The van der Waals surface area contributed by atoms with Crippen molar-refractivity contribution in [1.82, 2.24) is 5.32 Å². The Labute approximate surface area is 145 Å². The third kappa shape index (κ3) is 4.85. The van der Waals surface area contributed by atoms with Crippen molar-refractivity contribution in [1.29, 1.82) is 5.41 Å². The molecule has 3 N–H and O–H groups in total. The summed E-state index contributed by atoms with van der Waals surface area (Å²) >= 11 is 0. The highest BCUT2D eigenvalue weighted by Gasteiger charge is 2.48. The number of Topliss-reactive ketones (excluding diaryl/α,β-unsaturated/α-hetero) is 1. The van der Waals surface area contributed by atoms with Gasteiger partial charge in [0.1, 0.15) is 0 Å². The second-order valence-corrected chi connectivity index (χ2v) is 7.06. The predicted octanol–water partition coefficient (Wildman–Crippen LogP) is -0.203. The number of ether oxygens (including phenoxy) is 2. The fourth-order valence-corrected chi connectivity index (χ4v) is 2.29. The van der Waals surface area contributed by atoms with Gasteiger partial charge < -0.3 is 19.9 Å². The molecule has 9 heteroatoms. The summed E-state index contributed by atoms with van der Waals surface area (Å²) < 4.78 is 9.33. The second-order valence-electron chi connectivity index (χ2n) is 7.06. The van der Waals surface area contributed by atoms with Crippen molar-refractivity contribution >= 4 is 29.3 Å². The summed E-state index contributed by atoms with van der Waals surface area (Å²) in [7, 11) is 0. The number of aliphatic hydroxyl groups is 1. The van der Waals surface area contributed by atoms with Crippen molar-refractivity contribution < 1.29 is 33.8 Å². The highest BCUT2D eigenvalue weighted by molar-refractivity contribution is 6.63. The lowest BCUT2D eigenvalue weighted by molar-refractivity contribution is -0.169. The molecule has 1 rings (SSSR count). The van der Waals surface area contributed by atoms with Gasteiger partial charge in [0.15, 0.2) is 11.5 Å². The van der Waals surface area contributed by atoms with Crippen molar-refractivity contribution in [3.05, 3.63) is 0 Å². The van der Waals surface area contributed by atoms with Crippen LogP contribution in [-0.2, 0) is 28.7 Å². The number of amides is 1. The van der Waals surface area contributed by atoms with E-state index < -0.39 is 59.6 Å². The number of ketones is 1. The molecule has 0 aromatic heterocycles. The van der Waals surface area contributed by atoms with Crippen LogP contribution in [-0.4, -0.2) is 53.4 Å². The van der Waals surface area contributed by atoms with E-state index in [1.807, 2.05) is 0 Å². The van der Waals surface area contributed by atoms with Crippen LogP contribution in [0, 0.1) is 22.7 Å². The summed E-state index contributed by atoms with van der Waals surface area (Å²) in [4.78, 5) is 46.9. The van der Waals surface area contributed by atoms with E-state index in [1.54, 1.807) is 20.8 Å². The fraction of sp³-hybridized carbons (Fsp3) is 0.688. The molecule has 1 aliphatic heterocycles. The van der Waals surface area contributed by atoms with Gasteiger partial charge in [0.05, 0.1) is 23.5 Å². The standard InChI is InChI=1S/C16H24N2O7/c1-7(11-9(8(2)19)13(21)18-11)12(20)10(17)14(22)24-6-25-15(23)16(3,4)5/h7-9,11,17,19H,6H2,1-5H3,(H,18,21)/t7-,8-,9-,11-/m1/s1. The predicted molar refractivity (Wildman–Crippen MR) is 85.5 cm³/mol. The first-order valence-corrected chi connectivity index (χ1v) is 7.83. The normalized spacial score (nSPS) is 22.1. The molecule has 1 fully saturated rings. The molecule has 0 saturated carbocycles. The van der Waals surface area contributed by atoms with Gasteiger partial charge in [-0.3, -0.25) is 19.8 Å². The summed E-state index contributed by atoms with van der Waals surface area (Å²) in [5.74, 6) is -4.68. The molecule has 0 bridgehead atoms. The van der Waals surface area contributed by atoms with E-state index in [0.717, 1.165) is 0 Å². The van der Waals surface area contributed by atoms with Gasteiger partial charge in [0.25, 0.3) is 0 Å². The SMILES string of the molecule is C[C@@H](O)[C@H]1C(=O)N[C@@H]1[C@@H](C)C(=O)C(=N)C(=O)OCOC(=O)C(C)(C)C. The molecule has 0 aliphatic carbocycles. The molecule has 140 valence electrons. The maximum atomic E-state index is 12.2. The number of carbonyl (C=O) groups excluding carboxylic acids is 4. The maximum Gasteiger partial charge on any atom is 0.362 e. The molecule has 9 nitrogen and oxygen atoms in total. The molecule has 1 saturated heterocycles. The van der Waals surface area contributed by atoms with Gasteiger partial charge in [-0.25, -0.2) is 4.79 Å². The third-order valence-electron chi connectivity index (χ3n) is 3.91. The van der Waals surface area contributed by atoms with Crippen LogP contribution in [0.15, 0.2) is 0 Å². The largest absolute Gasteiger partial charge is 0.427 e. The number of rotatable bonds is 7. The number of nitrogens with one attached hydrogen (secondary N) is 2. The first-order chi connectivity index (χ1) is 11.4. The van der Waals surface area contributed by atoms with E-state index in [-0.39, 0.29) is 5.91 Å². The summed E-state index contributed by atoms with van der Waals surface area (Å²) in [5.41, 5.74) is -1.69. The zero-order valence-electron chi connectivity index (χ0n) is 14.9. The van der Waals surface area contributed by atoms with Crippen LogP contribution in [0.2, 0.25) is 0 Å². The minimum atomic E-state index is -1.22. The monoisotopic (exact) mass is 356 g/mol. The van der Waals surface area contributed by atoms with Crippen molar-refractivity contribution in [2.75, 3.05) is 6.79 Å². The molecule has 4 atom stereocenters. The Kier molecular flexibility index (Phi) is 6.42. The topological polar surface area (TPSA) is 143 Å². The van der Waals surface area contributed by atoms with Crippen molar-refractivity contribution in [3.8, 4) is 0 Å². The van der Waals surface area contributed by atoms with E-state index in [0.29, 0.717) is 0 Å². The lowest BCUT2D eigenvalue weighted by Crippen LogP contribution is -2.65. The average molecular weight is 356 g/mol. The Balaban J connectivity index is 2.55. The van der Waals surface area contributed by atoms with E-state index >= 15 is 0 Å². The molecule has 1 aliphatic rings. The third-order valence-corrected chi connectivity index (χ3v) is 3.91. The van der Waals surface area contributed by atoms with Crippen LogP contribution in [0.5, 0.6) is 0 Å². The van der Waals surface area contributed by atoms with Gasteiger partial charge in [-0.15, -0.1) is 0 Å². The zero-order chi connectivity index (χ0) is 19.5. The van der Waals surface area contributed by atoms with E-state index in [2.05, 4.69) is 10.1 Å². The first kappa shape index (κ1) is 20.8. The molecule has 0 spiro atoms. The molecule has 25 heavy (non-hydrogen) atoms. The molecule has 0 aromatic rings.